The number of rotatable bonds is 20. The molecule has 4 fully saturated rings. The molecule has 0 spiro atoms. The van der Waals surface area contributed by atoms with Crippen molar-refractivity contribution in [3.63, 3.8) is 0 Å². The number of carboxylic acids is 4. The Morgan fingerprint density at radius 3 is 1.70 bits per heavy atom. The van der Waals surface area contributed by atoms with Crippen molar-refractivity contribution in [3.8, 4) is 11.5 Å². The summed E-state index contributed by atoms with van der Waals surface area (Å²) < 4.78 is 11.9. The van der Waals surface area contributed by atoms with Gasteiger partial charge in [0.25, 0.3) is 0 Å². The van der Waals surface area contributed by atoms with Crippen molar-refractivity contribution >= 4 is 52.7 Å². The highest BCUT2D eigenvalue weighted by Crippen LogP contribution is 2.69. The van der Waals surface area contributed by atoms with Crippen LogP contribution in [0.15, 0.2) is 78.9 Å². The molecule has 9 atom stereocenters. The van der Waals surface area contributed by atoms with Crippen LogP contribution in [0.2, 0.25) is 10.0 Å². The van der Waals surface area contributed by atoms with Crippen molar-refractivity contribution in [1.82, 2.24) is 0 Å². The summed E-state index contributed by atoms with van der Waals surface area (Å²) in [6, 6.07) is 18.5. The molecule has 4 aliphatic carbocycles. The van der Waals surface area contributed by atoms with E-state index in [0.29, 0.717) is 56.9 Å². The summed E-state index contributed by atoms with van der Waals surface area (Å²) in [6.07, 6.45) is 19.1. The number of fused-ring (bicyclic) bond motifs is 5. The Morgan fingerprint density at radius 2 is 1.16 bits per heavy atom. The Morgan fingerprint density at radius 1 is 0.644 bits per heavy atom. The standard InChI is InChI=1S/C61H72Cl2O10/c1-35(2)12-10-13-36(3)49-22-23-50-46-21-20-42-28-37(24-26-60(42,4)51(46)25-27-61(49,50)5)14-11-19-43(40-29-47(58(68)69)54(52(62)31-40)72-33-38-15-6-8-17-44(38)56(64)65)41-30-48(59(70)71)55(53(63)32-41)73-34-39-16-7-9-18-45(39)57(66)67/h6-9,15-19,29-32,35-37,42,46,49-51H,10-14,20-28,33-34H2,1-5H3,(H,64,65)(H,66,67)(H,68,69)(H,70,71)/t36?,37-,42-,46-,49+,50-,51-,60-,61+/m0/s1. The molecule has 8 rings (SSSR count). The van der Waals surface area contributed by atoms with Crippen LogP contribution in [0.25, 0.3) is 5.57 Å². The predicted octanol–water partition coefficient (Wildman–Crippen LogP) is 15.9. The van der Waals surface area contributed by atoms with Crippen molar-refractivity contribution in [2.45, 2.75) is 138 Å². The lowest BCUT2D eigenvalue weighted by Gasteiger charge is -2.61. The third-order valence-electron chi connectivity index (χ3n) is 18.3. The smallest absolute Gasteiger partial charge is 0.339 e. The van der Waals surface area contributed by atoms with Crippen molar-refractivity contribution in [2.24, 2.45) is 58.2 Å². The first-order valence-electron chi connectivity index (χ1n) is 26.5. The van der Waals surface area contributed by atoms with Gasteiger partial charge in [-0.3, -0.25) is 0 Å². The highest BCUT2D eigenvalue weighted by atomic mass is 35.5. The lowest BCUT2D eigenvalue weighted by atomic mass is 9.44. The number of aromatic carboxylic acids is 4. The minimum atomic E-state index is -1.33. The second-order valence-electron chi connectivity index (χ2n) is 22.8. The van der Waals surface area contributed by atoms with E-state index in [-0.39, 0.29) is 57.0 Å². The zero-order chi connectivity index (χ0) is 52.4. The molecule has 4 aromatic carbocycles. The third kappa shape index (κ3) is 11.4. The van der Waals surface area contributed by atoms with Gasteiger partial charge in [0.2, 0.25) is 0 Å². The van der Waals surface area contributed by atoms with Gasteiger partial charge in [-0.25, -0.2) is 19.2 Å². The molecule has 4 aliphatic rings. The highest BCUT2D eigenvalue weighted by molar-refractivity contribution is 6.33. The van der Waals surface area contributed by atoms with Crippen LogP contribution in [0, 0.1) is 58.2 Å². The molecule has 12 heteroatoms. The SMILES string of the molecule is CC(C)CCCC(C)[C@H]1CC[C@H]2[C@@H]3CC[C@H]4C[C@@H](CCC=C(c5cc(Cl)c(OCc6ccccc6C(=O)O)c(C(=O)O)c5)c5cc(Cl)c(OCc6ccccc6C(=O)O)c(C(=O)O)c5)CC[C@]4(C)[C@H]3CC[C@]12C. The zero-order valence-electron chi connectivity index (χ0n) is 42.9. The molecule has 0 saturated heterocycles. The average Bonchev–Trinajstić information content (AvgIpc) is 3.71. The normalized spacial score (nSPS) is 25.7. The van der Waals surface area contributed by atoms with E-state index in [2.05, 4.69) is 34.6 Å². The molecule has 10 nitrogen and oxygen atoms in total. The van der Waals surface area contributed by atoms with E-state index < -0.39 is 23.9 Å². The van der Waals surface area contributed by atoms with E-state index in [4.69, 9.17) is 32.7 Å². The molecule has 0 aromatic heterocycles. The van der Waals surface area contributed by atoms with Crippen LogP contribution in [0.4, 0.5) is 0 Å². The quantitative estimate of drug-likeness (QED) is 0.0669. The fourth-order valence-corrected chi connectivity index (χ4v) is 15.2. The number of halogens is 2. The Hall–Kier alpha value is -5.32. The molecule has 0 aliphatic heterocycles. The van der Waals surface area contributed by atoms with Gasteiger partial charge in [-0.15, -0.1) is 0 Å². The number of ether oxygens (including phenoxy) is 2. The molecule has 4 aromatic rings. The first kappa shape index (κ1) is 54.0. The Labute approximate surface area is 440 Å². The Balaban J connectivity index is 1.05. The summed E-state index contributed by atoms with van der Waals surface area (Å²) in [6.45, 7) is 12.0. The summed E-state index contributed by atoms with van der Waals surface area (Å²) in [5.74, 6) is 0.679. The van der Waals surface area contributed by atoms with Crippen LogP contribution in [-0.4, -0.2) is 44.3 Å². The number of hydrogen-bond donors (Lipinski definition) is 4. The van der Waals surface area contributed by atoms with Crippen molar-refractivity contribution in [2.75, 3.05) is 0 Å². The van der Waals surface area contributed by atoms with Gasteiger partial charge >= 0.3 is 23.9 Å². The first-order valence-corrected chi connectivity index (χ1v) is 27.3. The molecule has 4 saturated carbocycles. The van der Waals surface area contributed by atoms with E-state index in [0.717, 1.165) is 48.3 Å². The molecule has 390 valence electrons. The fraction of sp³-hybridized carbons (Fsp3) is 0.508. The number of carbonyl (C=O) groups is 4. The minimum Gasteiger partial charge on any atom is -0.486 e. The predicted molar refractivity (Wildman–Crippen MR) is 285 cm³/mol. The average molecular weight is 1040 g/mol. The maximum absolute atomic E-state index is 13.0. The lowest BCUT2D eigenvalue weighted by Crippen LogP contribution is -2.53. The largest absolute Gasteiger partial charge is 0.486 e. The van der Waals surface area contributed by atoms with Gasteiger partial charge in [-0.1, -0.05) is 120 Å². The van der Waals surface area contributed by atoms with E-state index in [1.165, 1.54) is 94.9 Å². The second kappa shape index (κ2) is 22.7. The maximum Gasteiger partial charge on any atom is 0.339 e. The van der Waals surface area contributed by atoms with Crippen LogP contribution < -0.4 is 9.47 Å². The molecule has 0 amide bonds. The second-order valence-corrected chi connectivity index (χ2v) is 23.6. The van der Waals surface area contributed by atoms with Gasteiger partial charge < -0.3 is 29.9 Å². The number of carboxylic acid groups (broad SMARTS) is 4. The molecular formula is C61H72Cl2O10. The molecule has 4 N–H and O–H groups in total. The molecule has 1 unspecified atom stereocenters. The van der Waals surface area contributed by atoms with Gasteiger partial charge in [-0.2, -0.15) is 0 Å². The van der Waals surface area contributed by atoms with Crippen LogP contribution >= 0.6 is 23.2 Å². The van der Waals surface area contributed by atoms with E-state index >= 15 is 0 Å². The summed E-state index contributed by atoms with van der Waals surface area (Å²) in [7, 11) is 0. The van der Waals surface area contributed by atoms with Gasteiger partial charge in [0.1, 0.15) is 24.3 Å². The molecule has 73 heavy (non-hydrogen) atoms. The summed E-state index contributed by atoms with van der Waals surface area (Å²) in [5.41, 5.74) is 2.20. The third-order valence-corrected chi connectivity index (χ3v) is 18.9. The van der Waals surface area contributed by atoms with Crippen molar-refractivity contribution in [3.05, 3.63) is 133 Å². The first-order chi connectivity index (χ1) is 34.8. The summed E-state index contributed by atoms with van der Waals surface area (Å²) in [5, 5.41) is 40.6. The van der Waals surface area contributed by atoms with Crippen molar-refractivity contribution < 1.29 is 49.1 Å². The van der Waals surface area contributed by atoms with E-state index in [1.54, 1.807) is 48.5 Å². The summed E-state index contributed by atoms with van der Waals surface area (Å²) in [4.78, 5) is 49.8. The van der Waals surface area contributed by atoms with Crippen LogP contribution in [0.5, 0.6) is 11.5 Å². The van der Waals surface area contributed by atoms with Crippen LogP contribution in [0.1, 0.15) is 188 Å². The van der Waals surface area contributed by atoms with Gasteiger partial charge in [0.05, 0.1) is 21.2 Å². The minimum absolute atomic E-state index is 0.00816. The molecule has 0 bridgehead atoms. The van der Waals surface area contributed by atoms with Gasteiger partial charge in [0.15, 0.2) is 11.5 Å². The molecule has 0 heterocycles. The molecule has 0 radical (unpaired) electrons. The lowest BCUT2D eigenvalue weighted by molar-refractivity contribution is -0.121. The van der Waals surface area contributed by atoms with E-state index in [9.17, 15) is 39.6 Å². The Kier molecular flexibility index (Phi) is 16.7. The topological polar surface area (TPSA) is 168 Å². The fourth-order valence-electron chi connectivity index (χ4n) is 14.6. The number of allylic oxidation sites excluding steroid dienone is 1. The van der Waals surface area contributed by atoms with Gasteiger partial charge in [-0.05, 0) is 182 Å². The zero-order valence-corrected chi connectivity index (χ0v) is 44.4. The van der Waals surface area contributed by atoms with Crippen LogP contribution in [-0.2, 0) is 13.2 Å². The Bertz CT molecular complexity index is 2610. The highest BCUT2D eigenvalue weighted by Gasteiger charge is 2.60. The maximum atomic E-state index is 13.0. The van der Waals surface area contributed by atoms with Crippen molar-refractivity contribution in [1.29, 1.82) is 0 Å². The summed E-state index contributed by atoms with van der Waals surface area (Å²) >= 11 is 13.8. The van der Waals surface area contributed by atoms with Gasteiger partial charge in [0, 0.05) is 11.1 Å². The molecular weight excluding hydrogens is 964 g/mol. The number of benzene rings is 4. The van der Waals surface area contributed by atoms with Crippen LogP contribution in [0.3, 0.4) is 0 Å². The van der Waals surface area contributed by atoms with E-state index in [1.807, 2.05) is 6.08 Å². The monoisotopic (exact) mass is 1030 g/mol. The number of hydrogen-bond acceptors (Lipinski definition) is 6.